The normalized spacial score (nSPS) is 15.3. The van der Waals surface area contributed by atoms with Crippen LogP contribution >= 0.6 is 0 Å². The van der Waals surface area contributed by atoms with E-state index in [4.69, 9.17) is 9.47 Å². The fourth-order valence-corrected chi connectivity index (χ4v) is 7.60. The second-order valence-corrected chi connectivity index (χ2v) is 12.6. The van der Waals surface area contributed by atoms with Gasteiger partial charge in [-0.25, -0.2) is 17.4 Å². The Morgan fingerprint density at radius 1 is 0.974 bits per heavy atom. The average molecular weight is 569 g/mol. The van der Waals surface area contributed by atoms with Gasteiger partial charge in [-0.2, -0.15) is 0 Å². The number of rotatable bonds is 10. The lowest BCUT2D eigenvalue weighted by Gasteiger charge is -2.26. The van der Waals surface area contributed by atoms with Gasteiger partial charge in [0.15, 0.2) is 0 Å². The SMILES string of the molecule is CN(C)c1ccccc1CS(=O)c1nc2ccccc2n1S(=O)(=O)c1ccc(OCCN2CCOCC2)cc1. The molecule has 1 unspecified atom stereocenters. The van der Waals surface area contributed by atoms with Crippen LogP contribution in [0.3, 0.4) is 0 Å². The standard InChI is InChI=1S/C28H32N4O5S2/c1-30(2)26-9-5-3-7-22(26)21-38(33)28-29-25-8-4-6-10-27(25)32(28)39(34,35)24-13-11-23(12-14-24)37-20-17-31-15-18-36-19-16-31/h3-14H,15-21H2,1-2H3. The summed E-state index contributed by atoms with van der Waals surface area (Å²) in [6.45, 7) is 4.48. The van der Waals surface area contributed by atoms with E-state index in [1.165, 1.54) is 12.1 Å². The lowest BCUT2D eigenvalue weighted by Crippen LogP contribution is -2.38. The molecule has 5 rings (SSSR count). The third-order valence-corrected chi connectivity index (χ3v) is 9.68. The number of para-hydroxylation sites is 3. The number of ether oxygens (including phenoxy) is 2. The Hall–Kier alpha value is -3.25. The molecule has 3 aromatic carbocycles. The third kappa shape index (κ3) is 6.01. The molecule has 1 aliphatic rings. The zero-order valence-electron chi connectivity index (χ0n) is 22.0. The van der Waals surface area contributed by atoms with Gasteiger partial charge in [0.1, 0.15) is 12.4 Å². The fourth-order valence-electron chi connectivity index (χ4n) is 4.56. The maximum Gasteiger partial charge on any atom is 0.270 e. The molecule has 1 aliphatic heterocycles. The number of imidazole rings is 1. The molecule has 2 heterocycles. The van der Waals surface area contributed by atoms with Crippen LogP contribution in [0.4, 0.5) is 5.69 Å². The Labute approximate surface area is 231 Å². The number of aromatic nitrogens is 2. The van der Waals surface area contributed by atoms with Crippen molar-refractivity contribution >= 4 is 37.5 Å². The largest absolute Gasteiger partial charge is 0.492 e. The van der Waals surface area contributed by atoms with Crippen molar-refractivity contribution in [1.29, 1.82) is 0 Å². The molecule has 1 saturated heterocycles. The van der Waals surface area contributed by atoms with Gasteiger partial charge in [0.2, 0.25) is 5.16 Å². The molecule has 0 amide bonds. The van der Waals surface area contributed by atoms with Gasteiger partial charge in [0, 0.05) is 39.4 Å². The Morgan fingerprint density at radius 2 is 1.67 bits per heavy atom. The van der Waals surface area contributed by atoms with Crippen LogP contribution in [-0.2, 0) is 31.3 Å². The highest BCUT2D eigenvalue weighted by Gasteiger charge is 2.28. The highest BCUT2D eigenvalue weighted by molar-refractivity contribution is 7.91. The summed E-state index contributed by atoms with van der Waals surface area (Å²) in [6, 6.07) is 20.9. The molecule has 0 spiro atoms. The van der Waals surface area contributed by atoms with Gasteiger partial charge >= 0.3 is 0 Å². The van der Waals surface area contributed by atoms with Crippen molar-refractivity contribution < 1.29 is 22.1 Å². The van der Waals surface area contributed by atoms with Gasteiger partial charge in [0.05, 0.1) is 45.7 Å². The first-order valence-corrected chi connectivity index (χ1v) is 15.5. The number of fused-ring (bicyclic) bond motifs is 1. The number of anilines is 1. The van der Waals surface area contributed by atoms with Crippen LogP contribution in [0.1, 0.15) is 5.56 Å². The first-order valence-electron chi connectivity index (χ1n) is 12.7. The van der Waals surface area contributed by atoms with E-state index >= 15 is 0 Å². The van der Waals surface area contributed by atoms with Gasteiger partial charge in [0.25, 0.3) is 10.0 Å². The third-order valence-electron chi connectivity index (χ3n) is 6.60. The monoisotopic (exact) mass is 568 g/mol. The molecule has 0 N–H and O–H groups in total. The molecule has 1 atom stereocenters. The Kier molecular flexibility index (Phi) is 8.31. The van der Waals surface area contributed by atoms with Gasteiger partial charge in [-0.05, 0) is 48.0 Å². The summed E-state index contributed by atoms with van der Waals surface area (Å²) in [5, 5.41) is -0.00408. The Bertz CT molecular complexity index is 1560. The van der Waals surface area contributed by atoms with Crippen LogP contribution in [-0.4, -0.2) is 80.0 Å². The van der Waals surface area contributed by atoms with Crippen LogP contribution in [0, 0.1) is 0 Å². The van der Waals surface area contributed by atoms with Gasteiger partial charge in [-0.15, -0.1) is 0 Å². The summed E-state index contributed by atoms with van der Waals surface area (Å²) in [5.41, 5.74) is 2.61. The fraction of sp³-hybridized carbons (Fsp3) is 0.321. The van der Waals surface area contributed by atoms with Gasteiger partial charge < -0.3 is 14.4 Å². The van der Waals surface area contributed by atoms with Crippen molar-refractivity contribution in [3.63, 3.8) is 0 Å². The minimum absolute atomic E-state index is 0.00408. The zero-order valence-corrected chi connectivity index (χ0v) is 23.7. The van der Waals surface area contributed by atoms with Crippen molar-refractivity contribution in [2.45, 2.75) is 15.8 Å². The lowest BCUT2D eigenvalue weighted by atomic mass is 10.2. The van der Waals surface area contributed by atoms with E-state index in [2.05, 4.69) is 9.88 Å². The summed E-state index contributed by atoms with van der Waals surface area (Å²) < 4.78 is 53.8. The van der Waals surface area contributed by atoms with Crippen LogP contribution in [0.5, 0.6) is 5.75 Å². The minimum atomic E-state index is -4.10. The summed E-state index contributed by atoms with van der Waals surface area (Å²) in [6.07, 6.45) is 0. The first-order chi connectivity index (χ1) is 18.8. The van der Waals surface area contributed by atoms with Crippen LogP contribution in [0.15, 0.2) is 82.8 Å². The molecule has 1 aromatic heterocycles. The molecule has 0 bridgehead atoms. The number of benzene rings is 3. The predicted molar refractivity (Wildman–Crippen MR) is 152 cm³/mol. The molecule has 0 radical (unpaired) electrons. The van der Waals surface area contributed by atoms with E-state index < -0.39 is 20.8 Å². The Morgan fingerprint density at radius 3 is 2.41 bits per heavy atom. The average Bonchev–Trinajstić information content (AvgIpc) is 3.35. The Balaban J connectivity index is 1.41. The van der Waals surface area contributed by atoms with Gasteiger partial charge in [-0.1, -0.05) is 30.3 Å². The van der Waals surface area contributed by atoms with Crippen molar-refractivity contribution in [3.8, 4) is 5.75 Å². The molecule has 4 aromatic rings. The van der Waals surface area contributed by atoms with Crippen molar-refractivity contribution in [3.05, 3.63) is 78.4 Å². The molecular weight excluding hydrogens is 536 g/mol. The molecule has 11 heteroatoms. The van der Waals surface area contributed by atoms with E-state index in [1.807, 2.05) is 43.3 Å². The summed E-state index contributed by atoms with van der Waals surface area (Å²) in [5.74, 6) is 0.713. The first kappa shape index (κ1) is 27.3. The van der Waals surface area contributed by atoms with E-state index in [9.17, 15) is 12.6 Å². The van der Waals surface area contributed by atoms with E-state index in [1.54, 1.807) is 36.4 Å². The highest BCUT2D eigenvalue weighted by atomic mass is 32.2. The second-order valence-electron chi connectivity index (χ2n) is 9.44. The van der Waals surface area contributed by atoms with Gasteiger partial charge in [-0.3, -0.25) is 9.11 Å². The number of nitrogens with zero attached hydrogens (tertiary/aromatic N) is 4. The maximum atomic E-state index is 13.9. The quantitative estimate of drug-likeness (QED) is 0.288. The molecule has 206 valence electrons. The van der Waals surface area contributed by atoms with E-state index in [-0.39, 0.29) is 15.8 Å². The lowest BCUT2D eigenvalue weighted by molar-refractivity contribution is 0.0322. The molecule has 0 saturated carbocycles. The smallest absolute Gasteiger partial charge is 0.270 e. The second kappa shape index (κ2) is 11.9. The highest BCUT2D eigenvalue weighted by Crippen LogP contribution is 2.28. The van der Waals surface area contributed by atoms with Crippen molar-refractivity contribution in [2.75, 3.05) is 58.5 Å². The minimum Gasteiger partial charge on any atom is -0.492 e. The van der Waals surface area contributed by atoms with Crippen molar-refractivity contribution in [2.24, 2.45) is 0 Å². The van der Waals surface area contributed by atoms with Crippen LogP contribution < -0.4 is 9.64 Å². The molecular formula is C28H32N4O5S2. The topological polar surface area (TPSA) is 94.0 Å². The van der Waals surface area contributed by atoms with E-state index in [0.717, 1.165) is 48.1 Å². The number of hydrogen-bond acceptors (Lipinski definition) is 8. The molecule has 9 nitrogen and oxygen atoms in total. The predicted octanol–water partition coefficient (Wildman–Crippen LogP) is 3.36. The van der Waals surface area contributed by atoms with E-state index in [0.29, 0.717) is 23.4 Å². The van der Waals surface area contributed by atoms with Crippen LogP contribution in [0.25, 0.3) is 11.0 Å². The molecule has 1 fully saturated rings. The number of hydrogen-bond donors (Lipinski definition) is 0. The summed E-state index contributed by atoms with van der Waals surface area (Å²) in [4.78, 5) is 8.79. The van der Waals surface area contributed by atoms with Crippen LogP contribution in [0.2, 0.25) is 0 Å². The van der Waals surface area contributed by atoms with Crippen molar-refractivity contribution in [1.82, 2.24) is 13.9 Å². The molecule has 39 heavy (non-hydrogen) atoms. The maximum absolute atomic E-state index is 13.9. The molecule has 0 aliphatic carbocycles. The zero-order chi connectivity index (χ0) is 27.4. The summed E-state index contributed by atoms with van der Waals surface area (Å²) >= 11 is 0. The summed E-state index contributed by atoms with van der Waals surface area (Å²) in [7, 11) is -2.00. The number of morpholine rings is 1.